The molecular formula is C12H8N2S. The molecule has 0 radical (unpaired) electrons. The van der Waals surface area contributed by atoms with E-state index in [4.69, 9.17) is 0 Å². The van der Waals surface area contributed by atoms with Crippen LogP contribution in [0.5, 0.6) is 0 Å². The minimum Gasteiger partial charge on any atom is -0.254 e. The average molecular weight is 212 g/mol. The molecule has 1 aromatic carbocycles. The molecule has 0 aliphatic rings. The number of pyridine rings is 1. The second-order valence-corrected chi connectivity index (χ2v) is 3.97. The maximum absolute atomic E-state index is 4.39. The maximum atomic E-state index is 4.39. The molecule has 0 amide bonds. The minimum atomic E-state index is 0.955. The van der Waals surface area contributed by atoms with Crippen LogP contribution in [0.4, 0.5) is 0 Å². The molecule has 0 spiro atoms. The Bertz CT molecular complexity index is 582. The fraction of sp³-hybridized carbons (Fsp3) is 0. The Kier molecular flexibility index (Phi) is 1.96. The Balaban J connectivity index is 2.36. The van der Waals surface area contributed by atoms with Crippen molar-refractivity contribution >= 4 is 22.1 Å². The fourth-order valence-electron chi connectivity index (χ4n) is 1.65. The number of aromatic nitrogens is 2. The number of rotatable bonds is 1. The van der Waals surface area contributed by atoms with Gasteiger partial charge in [-0.1, -0.05) is 24.3 Å². The third-order valence-electron chi connectivity index (χ3n) is 2.35. The molecule has 2 aromatic heterocycles. The highest BCUT2D eigenvalue weighted by Crippen LogP contribution is 2.25. The first kappa shape index (κ1) is 8.56. The summed E-state index contributed by atoms with van der Waals surface area (Å²) in [5.41, 5.74) is 3.75. The molecule has 0 fully saturated rings. The predicted molar refractivity (Wildman–Crippen MR) is 62.9 cm³/mol. The Labute approximate surface area is 91.2 Å². The topological polar surface area (TPSA) is 25.8 Å². The molecule has 3 heteroatoms. The quantitative estimate of drug-likeness (QED) is 0.618. The molecule has 0 unspecified atom stereocenters. The van der Waals surface area contributed by atoms with E-state index in [0.717, 1.165) is 16.8 Å². The van der Waals surface area contributed by atoms with E-state index in [9.17, 15) is 0 Å². The van der Waals surface area contributed by atoms with Gasteiger partial charge in [0.25, 0.3) is 0 Å². The molecule has 0 N–H and O–H groups in total. The number of hydrogen-bond acceptors (Lipinski definition) is 3. The smallest absolute Gasteiger partial charge is 0.100 e. The standard InChI is InChI=1S/C12H8N2S/c1-2-4-10-9(3-1)5-6-13-12(10)11-7-15-8-14-11/h1-8H. The summed E-state index contributed by atoms with van der Waals surface area (Å²) in [7, 11) is 0. The summed E-state index contributed by atoms with van der Waals surface area (Å²) in [6.07, 6.45) is 1.83. The Hall–Kier alpha value is -1.74. The summed E-state index contributed by atoms with van der Waals surface area (Å²) < 4.78 is 0. The van der Waals surface area contributed by atoms with Gasteiger partial charge in [-0.3, -0.25) is 4.98 Å². The third-order valence-corrected chi connectivity index (χ3v) is 2.94. The molecule has 0 aliphatic carbocycles. The Morgan fingerprint density at radius 1 is 1.00 bits per heavy atom. The summed E-state index contributed by atoms with van der Waals surface area (Å²) in [5.74, 6) is 0. The lowest BCUT2D eigenvalue weighted by Gasteiger charge is -2.01. The molecule has 2 nitrogen and oxygen atoms in total. The van der Waals surface area contributed by atoms with Crippen LogP contribution in [0.15, 0.2) is 47.4 Å². The van der Waals surface area contributed by atoms with Gasteiger partial charge in [-0.25, -0.2) is 4.98 Å². The van der Waals surface area contributed by atoms with Crippen LogP contribution >= 0.6 is 11.3 Å². The molecular weight excluding hydrogens is 204 g/mol. The Morgan fingerprint density at radius 3 is 2.80 bits per heavy atom. The summed E-state index contributed by atoms with van der Waals surface area (Å²) in [6.45, 7) is 0. The predicted octanol–water partition coefficient (Wildman–Crippen LogP) is 3.36. The first-order valence-corrected chi connectivity index (χ1v) is 5.62. The van der Waals surface area contributed by atoms with Crippen LogP contribution in [0.3, 0.4) is 0 Å². The highest BCUT2D eigenvalue weighted by molar-refractivity contribution is 7.07. The van der Waals surface area contributed by atoms with Gasteiger partial charge in [0.1, 0.15) is 5.69 Å². The number of nitrogens with zero attached hydrogens (tertiary/aromatic N) is 2. The zero-order chi connectivity index (χ0) is 10.1. The lowest BCUT2D eigenvalue weighted by Crippen LogP contribution is -1.84. The van der Waals surface area contributed by atoms with Gasteiger partial charge in [-0.2, -0.15) is 0 Å². The Morgan fingerprint density at radius 2 is 1.93 bits per heavy atom. The van der Waals surface area contributed by atoms with Gasteiger partial charge in [0, 0.05) is 17.0 Å². The van der Waals surface area contributed by atoms with Crippen LogP contribution in [-0.2, 0) is 0 Å². The van der Waals surface area contributed by atoms with E-state index in [-0.39, 0.29) is 0 Å². The first-order valence-electron chi connectivity index (χ1n) is 4.67. The summed E-state index contributed by atoms with van der Waals surface area (Å²) in [6, 6.07) is 10.3. The maximum Gasteiger partial charge on any atom is 0.100 e. The molecule has 0 saturated heterocycles. The van der Waals surface area contributed by atoms with Gasteiger partial charge in [-0.15, -0.1) is 11.3 Å². The summed E-state index contributed by atoms with van der Waals surface area (Å²) >= 11 is 1.59. The van der Waals surface area contributed by atoms with E-state index in [1.54, 1.807) is 11.3 Å². The molecule has 3 rings (SSSR count). The van der Waals surface area contributed by atoms with Crippen molar-refractivity contribution in [1.82, 2.24) is 9.97 Å². The first-order chi connectivity index (χ1) is 7.45. The molecule has 3 aromatic rings. The normalized spacial score (nSPS) is 10.7. The minimum absolute atomic E-state index is 0.955. The monoisotopic (exact) mass is 212 g/mol. The second-order valence-electron chi connectivity index (χ2n) is 3.25. The molecule has 0 bridgehead atoms. The average Bonchev–Trinajstić information content (AvgIpc) is 2.82. The highest BCUT2D eigenvalue weighted by Gasteiger charge is 2.05. The second kappa shape index (κ2) is 3.44. The molecule has 2 heterocycles. The molecule has 0 atom stereocenters. The van der Waals surface area contributed by atoms with Crippen LogP contribution in [0.1, 0.15) is 0 Å². The highest BCUT2D eigenvalue weighted by atomic mass is 32.1. The van der Waals surface area contributed by atoms with Crippen molar-refractivity contribution in [3.8, 4) is 11.4 Å². The number of hydrogen-bond donors (Lipinski definition) is 0. The van der Waals surface area contributed by atoms with E-state index in [1.165, 1.54) is 5.39 Å². The van der Waals surface area contributed by atoms with Gasteiger partial charge in [0.15, 0.2) is 0 Å². The largest absolute Gasteiger partial charge is 0.254 e. The van der Waals surface area contributed by atoms with Gasteiger partial charge in [0.05, 0.1) is 11.2 Å². The lowest BCUT2D eigenvalue weighted by molar-refractivity contribution is 1.30. The lowest BCUT2D eigenvalue weighted by atomic mass is 10.1. The van der Waals surface area contributed by atoms with Crippen molar-refractivity contribution in [2.75, 3.05) is 0 Å². The van der Waals surface area contributed by atoms with Gasteiger partial charge in [-0.05, 0) is 11.5 Å². The van der Waals surface area contributed by atoms with Crippen LogP contribution in [-0.4, -0.2) is 9.97 Å². The number of thiazole rings is 1. The number of fused-ring (bicyclic) bond motifs is 1. The van der Waals surface area contributed by atoms with E-state index in [2.05, 4.69) is 22.1 Å². The van der Waals surface area contributed by atoms with Gasteiger partial charge >= 0.3 is 0 Å². The SMILES string of the molecule is c1ccc2c(-c3cscn3)nccc2c1. The zero-order valence-corrected chi connectivity index (χ0v) is 8.74. The zero-order valence-electron chi connectivity index (χ0n) is 7.92. The van der Waals surface area contributed by atoms with Crippen LogP contribution in [0.25, 0.3) is 22.2 Å². The van der Waals surface area contributed by atoms with Crippen LogP contribution in [0.2, 0.25) is 0 Å². The fourth-order valence-corrected chi connectivity index (χ4v) is 2.19. The van der Waals surface area contributed by atoms with Crippen molar-refractivity contribution in [2.45, 2.75) is 0 Å². The van der Waals surface area contributed by atoms with Crippen molar-refractivity contribution in [1.29, 1.82) is 0 Å². The van der Waals surface area contributed by atoms with Crippen molar-refractivity contribution in [3.63, 3.8) is 0 Å². The summed E-state index contributed by atoms with van der Waals surface area (Å²) in [5, 5.41) is 4.39. The molecule has 72 valence electrons. The van der Waals surface area contributed by atoms with E-state index >= 15 is 0 Å². The van der Waals surface area contributed by atoms with E-state index in [0.29, 0.717) is 0 Å². The van der Waals surface area contributed by atoms with Gasteiger partial charge in [0.2, 0.25) is 0 Å². The molecule has 15 heavy (non-hydrogen) atoms. The van der Waals surface area contributed by atoms with Crippen LogP contribution < -0.4 is 0 Å². The van der Waals surface area contributed by atoms with Gasteiger partial charge < -0.3 is 0 Å². The summed E-state index contributed by atoms with van der Waals surface area (Å²) in [4.78, 5) is 8.69. The number of benzene rings is 1. The van der Waals surface area contributed by atoms with Crippen molar-refractivity contribution in [2.24, 2.45) is 0 Å². The molecule has 0 aliphatic heterocycles. The van der Waals surface area contributed by atoms with E-state index < -0.39 is 0 Å². The van der Waals surface area contributed by atoms with Crippen LogP contribution in [0, 0.1) is 0 Å². The van der Waals surface area contributed by atoms with E-state index in [1.807, 2.05) is 35.3 Å². The van der Waals surface area contributed by atoms with Crippen molar-refractivity contribution in [3.05, 3.63) is 47.4 Å². The van der Waals surface area contributed by atoms with Crippen molar-refractivity contribution < 1.29 is 0 Å². The molecule has 0 saturated carbocycles. The third kappa shape index (κ3) is 1.41.